The zero-order valence-corrected chi connectivity index (χ0v) is 22.3. The van der Waals surface area contributed by atoms with Gasteiger partial charge in [0.2, 0.25) is 11.8 Å². The predicted octanol–water partition coefficient (Wildman–Crippen LogP) is 4.04. The summed E-state index contributed by atoms with van der Waals surface area (Å²) in [7, 11) is 1.27. The van der Waals surface area contributed by atoms with Crippen molar-refractivity contribution in [2.24, 2.45) is 0 Å². The van der Waals surface area contributed by atoms with E-state index in [0.29, 0.717) is 28.7 Å². The van der Waals surface area contributed by atoms with Crippen molar-refractivity contribution in [3.8, 4) is 0 Å². The van der Waals surface area contributed by atoms with Gasteiger partial charge in [-0.1, -0.05) is 30.7 Å². The molecule has 4 atom stereocenters. The molecule has 1 aliphatic heterocycles. The maximum absolute atomic E-state index is 15.0. The van der Waals surface area contributed by atoms with Gasteiger partial charge in [-0.15, -0.1) is 0 Å². The van der Waals surface area contributed by atoms with Crippen molar-refractivity contribution in [3.63, 3.8) is 0 Å². The quantitative estimate of drug-likeness (QED) is 0.431. The molecule has 2 aromatic heterocycles. The van der Waals surface area contributed by atoms with Gasteiger partial charge < -0.3 is 19.5 Å². The number of pyridine rings is 1. The van der Waals surface area contributed by atoms with Gasteiger partial charge in [0.1, 0.15) is 36.3 Å². The van der Waals surface area contributed by atoms with Crippen LogP contribution in [-0.4, -0.2) is 64.0 Å². The zero-order valence-electron chi connectivity index (χ0n) is 21.5. The second-order valence-electron chi connectivity index (χ2n) is 9.27. The molecule has 0 unspecified atom stereocenters. The van der Waals surface area contributed by atoms with Crippen LogP contribution in [0.5, 0.6) is 0 Å². The van der Waals surface area contributed by atoms with Crippen molar-refractivity contribution in [1.29, 1.82) is 0 Å². The van der Waals surface area contributed by atoms with E-state index in [1.54, 1.807) is 35.9 Å². The van der Waals surface area contributed by atoms with Gasteiger partial charge in [-0.05, 0) is 38.5 Å². The number of rotatable bonds is 8. The van der Waals surface area contributed by atoms with Crippen LogP contribution in [0.2, 0.25) is 5.02 Å². The van der Waals surface area contributed by atoms with E-state index in [0.717, 1.165) is 4.90 Å². The summed E-state index contributed by atoms with van der Waals surface area (Å²) in [5, 5.41) is 3.20. The first-order valence-electron chi connectivity index (χ1n) is 12.3. The molecular weight excluding hydrogens is 518 g/mol. The minimum absolute atomic E-state index is 0.0934. The van der Waals surface area contributed by atoms with E-state index >= 15 is 0 Å². The summed E-state index contributed by atoms with van der Waals surface area (Å²) >= 11 is 5.88. The molecule has 8 nitrogen and oxygen atoms in total. The topological polar surface area (TPSA) is 93.5 Å². The molecule has 1 N–H and O–H groups in total. The first-order valence-corrected chi connectivity index (χ1v) is 12.7. The Morgan fingerprint density at radius 2 is 2.00 bits per heavy atom. The number of alkyl halides is 1. The summed E-state index contributed by atoms with van der Waals surface area (Å²) in [5.41, 5.74) is 1.72. The van der Waals surface area contributed by atoms with Crippen LogP contribution >= 0.6 is 11.6 Å². The molecule has 202 valence electrons. The molecule has 1 fully saturated rings. The lowest BCUT2D eigenvalue weighted by Crippen LogP contribution is -2.52. The highest BCUT2D eigenvalue weighted by molar-refractivity contribution is 6.30. The second-order valence-corrected chi connectivity index (χ2v) is 9.68. The van der Waals surface area contributed by atoms with E-state index in [2.05, 4.69) is 10.3 Å². The average molecular weight is 547 g/mol. The maximum atomic E-state index is 15.0. The summed E-state index contributed by atoms with van der Waals surface area (Å²) in [6.07, 6.45) is -0.810. The molecule has 3 aromatic rings. The molecule has 1 saturated heterocycles. The SMILES string of the molecule is CCc1c(C(C)=O)c2cccnc2n1CC(=O)N1C[C@H](F)[C@@H](OC)[C@H]1C(=O)N[C@H](C)c1cccc(Cl)c1F. The Kier molecular flexibility index (Phi) is 8.13. The Balaban J connectivity index is 1.64. The lowest BCUT2D eigenvalue weighted by Gasteiger charge is -2.28. The Bertz CT molecular complexity index is 1390. The van der Waals surface area contributed by atoms with E-state index in [1.165, 1.54) is 26.2 Å². The van der Waals surface area contributed by atoms with Crippen LogP contribution in [0.3, 0.4) is 0 Å². The van der Waals surface area contributed by atoms with Crippen LogP contribution in [0.15, 0.2) is 36.5 Å². The summed E-state index contributed by atoms with van der Waals surface area (Å²) < 4.78 is 36.4. The van der Waals surface area contributed by atoms with E-state index in [-0.39, 0.29) is 29.5 Å². The standard InChI is InChI=1S/C27H29ClF2N4O4/c1-5-20-22(15(3)35)17-9-7-11-31-26(17)33(20)13-21(36)34-12-19(29)25(38-4)24(34)27(37)32-14(2)16-8-6-10-18(28)23(16)30/h6-11,14,19,24-25H,5,12-13H2,1-4H3,(H,32,37)/t14-,19+,24+,25-/m1/s1. The molecule has 0 radical (unpaired) electrons. The van der Waals surface area contributed by atoms with E-state index in [4.69, 9.17) is 16.3 Å². The van der Waals surface area contributed by atoms with Crippen LogP contribution in [-0.2, 0) is 27.3 Å². The number of likely N-dealkylation sites (tertiary alicyclic amines) is 1. The van der Waals surface area contributed by atoms with Gasteiger partial charge in [0.05, 0.1) is 17.6 Å². The van der Waals surface area contributed by atoms with E-state index in [9.17, 15) is 23.2 Å². The zero-order chi connectivity index (χ0) is 27.7. The minimum Gasteiger partial charge on any atom is -0.376 e. The average Bonchev–Trinajstić information content (AvgIpc) is 3.39. The normalized spacial score (nSPS) is 20.1. The number of fused-ring (bicyclic) bond motifs is 1. The number of carbonyl (C=O) groups is 3. The van der Waals surface area contributed by atoms with Crippen LogP contribution in [0, 0.1) is 5.82 Å². The van der Waals surface area contributed by atoms with Crippen LogP contribution < -0.4 is 5.32 Å². The van der Waals surface area contributed by atoms with Gasteiger partial charge in [-0.25, -0.2) is 13.8 Å². The number of carbonyl (C=O) groups excluding carboxylic acids is 3. The number of ketones is 1. The molecule has 1 aromatic carbocycles. The predicted molar refractivity (Wildman–Crippen MR) is 138 cm³/mol. The van der Waals surface area contributed by atoms with Crippen molar-refractivity contribution < 1.29 is 27.9 Å². The van der Waals surface area contributed by atoms with E-state index in [1.807, 2.05) is 6.92 Å². The Morgan fingerprint density at radius 3 is 2.66 bits per heavy atom. The third kappa shape index (κ3) is 4.90. The van der Waals surface area contributed by atoms with Gasteiger partial charge in [0, 0.05) is 35.5 Å². The molecule has 3 heterocycles. The first kappa shape index (κ1) is 27.7. The molecule has 11 heteroatoms. The largest absolute Gasteiger partial charge is 0.376 e. The number of methoxy groups -OCH3 is 1. The molecule has 0 spiro atoms. The number of aromatic nitrogens is 2. The van der Waals surface area contributed by atoms with Crippen LogP contribution in [0.1, 0.15) is 48.4 Å². The maximum Gasteiger partial charge on any atom is 0.246 e. The number of nitrogens with one attached hydrogen (secondary N) is 1. The van der Waals surface area contributed by atoms with Gasteiger partial charge in [-0.3, -0.25) is 14.4 Å². The molecule has 38 heavy (non-hydrogen) atoms. The third-order valence-electron chi connectivity index (χ3n) is 6.95. The van der Waals surface area contributed by atoms with Gasteiger partial charge in [-0.2, -0.15) is 0 Å². The number of nitrogens with zero attached hydrogens (tertiary/aromatic N) is 3. The summed E-state index contributed by atoms with van der Waals surface area (Å²) in [6.45, 7) is 4.27. The monoisotopic (exact) mass is 546 g/mol. The van der Waals surface area contributed by atoms with Crippen LogP contribution in [0.4, 0.5) is 8.78 Å². The first-order chi connectivity index (χ1) is 18.1. The lowest BCUT2D eigenvalue weighted by atomic mass is 10.1. The van der Waals surface area contributed by atoms with Crippen molar-refractivity contribution >= 4 is 40.2 Å². The molecule has 1 aliphatic rings. The molecule has 0 saturated carbocycles. The molecular formula is C27H29ClF2N4O4. The van der Waals surface area contributed by atoms with Crippen LogP contribution in [0.25, 0.3) is 11.0 Å². The second kappa shape index (κ2) is 11.2. The fourth-order valence-electron chi connectivity index (χ4n) is 5.22. The Labute approximate surface area is 223 Å². The number of benzene rings is 1. The number of ether oxygens (including phenoxy) is 1. The number of hydrogen-bond donors (Lipinski definition) is 1. The summed E-state index contributed by atoms with van der Waals surface area (Å²) in [6, 6.07) is 5.81. The smallest absolute Gasteiger partial charge is 0.246 e. The van der Waals surface area contributed by atoms with Gasteiger partial charge in [0.25, 0.3) is 0 Å². The number of halogens is 3. The van der Waals surface area contributed by atoms with Gasteiger partial charge >= 0.3 is 0 Å². The Hall–Kier alpha value is -3.37. The molecule has 0 bridgehead atoms. The number of hydrogen-bond acceptors (Lipinski definition) is 5. The summed E-state index contributed by atoms with van der Waals surface area (Å²) in [5.74, 6) is -2.06. The highest BCUT2D eigenvalue weighted by atomic mass is 35.5. The number of amides is 2. The van der Waals surface area contributed by atoms with Crippen molar-refractivity contribution in [2.45, 2.75) is 58.1 Å². The van der Waals surface area contributed by atoms with E-state index < -0.39 is 42.0 Å². The fraction of sp³-hybridized carbons (Fsp3) is 0.407. The van der Waals surface area contributed by atoms with Crippen molar-refractivity contribution in [2.75, 3.05) is 13.7 Å². The van der Waals surface area contributed by atoms with Crippen molar-refractivity contribution in [1.82, 2.24) is 19.8 Å². The van der Waals surface area contributed by atoms with Crippen molar-refractivity contribution in [3.05, 3.63) is 64.2 Å². The molecule has 2 amide bonds. The Morgan fingerprint density at radius 1 is 1.26 bits per heavy atom. The molecule has 0 aliphatic carbocycles. The molecule has 4 rings (SSSR count). The lowest BCUT2D eigenvalue weighted by molar-refractivity contribution is -0.141. The minimum atomic E-state index is -1.61. The number of Topliss-reactive ketones (excluding diaryl/α,β-unsaturated/α-hetero) is 1. The highest BCUT2D eigenvalue weighted by Gasteiger charge is 2.49. The summed E-state index contributed by atoms with van der Waals surface area (Å²) in [4.78, 5) is 44.9. The third-order valence-corrected chi connectivity index (χ3v) is 7.24. The fourth-order valence-corrected chi connectivity index (χ4v) is 5.40. The van der Waals surface area contributed by atoms with Gasteiger partial charge in [0.15, 0.2) is 5.78 Å². The highest BCUT2D eigenvalue weighted by Crippen LogP contribution is 2.29.